The molecule has 0 unspecified atom stereocenters. The molecule has 2 aromatic heterocycles. The summed E-state index contributed by atoms with van der Waals surface area (Å²) in [6.45, 7) is -1.42. The maximum atomic E-state index is 11.9. The molecule has 106 valence electrons. The molecule has 2 heterocycles. The molecule has 5 nitrogen and oxygen atoms in total. The van der Waals surface area contributed by atoms with Crippen molar-refractivity contribution in [2.24, 2.45) is 0 Å². The van der Waals surface area contributed by atoms with Crippen LogP contribution < -0.4 is 4.74 Å². The Hall–Kier alpha value is -2.16. The van der Waals surface area contributed by atoms with Gasteiger partial charge in [-0.2, -0.15) is 13.2 Å². The Bertz CT molecular complexity index is 610. The van der Waals surface area contributed by atoms with Gasteiger partial charge >= 0.3 is 12.1 Å². The lowest BCUT2D eigenvalue weighted by molar-refractivity contribution is -0.154. The number of aromatic carboxylic acids is 1. The van der Waals surface area contributed by atoms with Crippen LogP contribution in [0.3, 0.4) is 0 Å². The van der Waals surface area contributed by atoms with Crippen molar-refractivity contribution in [3.05, 3.63) is 29.4 Å². The zero-order valence-electron chi connectivity index (χ0n) is 9.72. The smallest absolute Gasteiger partial charge is 0.422 e. The number of nitrogens with zero attached hydrogens (tertiary/aromatic N) is 2. The highest BCUT2D eigenvalue weighted by atomic mass is 32.1. The Kier molecular flexibility index (Phi) is 3.89. The summed E-state index contributed by atoms with van der Waals surface area (Å²) >= 11 is 1.10. The zero-order valence-corrected chi connectivity index (χ0v) is 10.5. The predicted molar refractivity (Wildman–Crippen MR) is 63.9 cm³/mol. The van der Waals surface area contributed by atoms with Gasteiger partial charge in [-0.05, 0) is 6.07 Å². The number of hydrogen-bond donors (Lipinski definition) is 1. The minimum absolute atomic E-state index is 0.0950. The van der Waals surface area contributed by atoms with Gasteiger partial charge in [0.05, 0.1) is 0 Å². The van der Waals surface area contributed by atoms with Crippen LogP contribution in [-0.4, -0.2) is 33.8 Å². The molecule has 0 atom stereocenters. The van der Waals surface area contributed by atoms with E-state index in [1.165, 1.54) is 23.7 Å². The lowest BCUT2D eigenvalue weighted by Crippen LogP contribution is -2.19. The fourth-order valence-corrected chi connectivity index (χ4v) is 2.04. The molecular formula is C11H7F3N2O3S. The molecule has 0 amide bonds. The molecule has 0 radical (unpaired) electrons. The maximum absolute atomic E-state index is 11.9. The minimum atomic E-state index is -4.42. The van der Waals surface area contributed by atoms with Crippen LogP contribution >= 0.6 is 11.3 Å². The van der Waals surface area contributed by atoms with Crippen LogP contribution in [0.25, 0.3) is 10.6 Å². The Morgan fingerprint density at radius 2 is 2.15 bits per heavy atom. The highest BCUT2D eigenvalue weighted by Crippen LogP contribution is 2.25. The van der Waals surface area contributed by atoms with Gasteiger partial charge in [-0.1, -0.05) is 0 Å². The molecule has 0 aliphatic carbocycles. The van der Waals surface area contributed by atoms with E-state index in [-0.39, 0.29) is 11.6 Å². The molecule has 1 N–H and O–H groups in total. The summed E-state index contributed by atoms with van der Waals surface area (Å²) in [5.74, 6) is -1.31. The number of alkyl halides is 3. The number of pyridine rings is 1. The second-order valence-electron chi connectivity index (χ2n) is 3.63. The number of carbonyl (C=O) groups is 1. The molecule has 0 bridgehead atoms. The summed E-state index contributed by atoms with van der Waals surface area (Å²) < 4.78 is 40.3. The summed E-state index contributed by atoms with van der Waals surface area (Å²) in [5.41, 5.74) is 0.407. The number of hydrogen-bond acceptors (Lipinski definition) is 5. The average Bonchev–Trinajstić information content (AvgIpc) is 2.86. The van der Waals surface area contributed by atoms with Crippen LogP contribution in [0.15, 0.2) is 23.7 Å². The van der Waals surface area contributed by atoms with E-state index in [1.54, 1.807) is 0 Å². The Morgan fingerprint density at radius 3 is 2.65 bits per heavy atom. The maximum Gasteiger partial charge on any atom is 0.422 e. The van der Waals surface area contributed by atoms with Gasteiger partial charge in [0.25, 0.3) is 0 Å². The van der Waals surface area contributed by atoms with E-state index in [0.717, 1.165) is 11.3 Å². The summed E-state index contributed by atoms with van der Waals surface area (Å²) in [5, 5.41) is 10.5. The van der Waals surface area contributed by atoms with Crippen molar-refractivity contribution in [2.75, 3.05) is 6.61 Å². The van der Waals surface area contributed by atoms with Gasteiger partial charge in [0, 0.05) is 23.2 Å². The first kappa shape index (κ1) is 14.3. The zero-order chi connectivity index (χ0) is 14.8. The topological polar surface area (TPSA) is 72.3 Å². The van der Waals surface area contributed by atoms with E-state index in [1.807, 2.05) is 0 Å². The van der Waals surface area contributed by atoms with Crippen LogP contribution in [-0.2, 0) is 0 Å². The van der Waals surface area contributed by atoms with Gasteiger partial charge < -0.3 is 9.84 Å². The van der Waals surface area contributed by atoms with E-state index in [9.17, 15) is 18.0 Å². The van der Waals surface area contributed by atoms with Gasteiger partial charge in [0.15, 0.2) is 12.3 Å². The van der Waals surface area contributed by atoms with E-state index in [2.05, 4.69) is 14.7 Å². The minimum Gasteiger partial charge on any atom is -0.476 e. The van der Waals surface area contributed by atoms with Crippen molar-refractivity contribution in [3.63, 3.8) is 0 Å². The number of carboxylic acid groups (broad SMARTS) is 1. The van der Waals surface area contributed by atoms with E-state index in [0.29, 0.717) is 10.6 Å². The third kappa shape index (κ3) is 3.67. The quantitative estimate of drug-likeness (QED) is 0.940. The molecule has 9 heteroatoms. The summed E-state index contributed by atoms with van der Waals surface area (Å²) in [6.07, 6.45) is -3.15. The Morgan fingerprint density at radius 1 is 1.40 bits per heavy atom. The lowest BCUT2D eigenvalue weighted by Gasteiger charge is -2.08. The van der Waals surface area contributed by atoms with Gasteiger partial charge in [0.2, 0.25) is 5.88 Å². The number of thiazole rings is 1. The first-order valence-corrected chi connectivity index (χ1v) is 6.08. The first-order chi connectivity index (χ1) is 9.35. The number of ether oxygens (including phenoxy) is 1. The van der Waals surface area contributed by atoms with Crippen LogP contribution in [0.1, 0.15) is 10.5 Å². The fourth-order valence-electron chi connectivity index (χ4n) is 1.25. The molecule has 0 aliphatic rings. The molecular weight excluding hydrogens is 297 g/mol. The fraction of sp³-hybridized carbons (Fsp3) is 0.182. The molecule has 0 fully saturated rings. The van der Waals surface area contributed by atoms with Crippen molar-refractivity contribution in [3.8, 4) is 16.5 Å². The van der Waals surface area contributed by atoms with Crippen LogP contribution in [0.5, 0.6) is 5.88 Å². The number of aromatic nitrogens is 2. The summed E-state index contributed by atoms with van der Waals surface area (Å²) in [6, 6.07) is 2.73. The van der Waals surface area contributed by atoms with Crippen LogP contribution in [0.2, 0.25) is 0 Å². The third-order valence-corrected chi connectivity index (χ3v) is 2.98. The number of carboxylic acids is 1. The highest BCUT2D eigenvalue weighted by molar-refractivity contribution is 7.13. The molecule has 0 spiro atoms. The van der Waals surface area contributed by atoms with Crippen molar-refractivity contribution in [1.29, 1.82) is 0 Å². The monoisotopic (exact) mass is 304 g/mol. The second-order valence-corrected chi connectivity index (χ2v) is 4.49. The second kappa shape index (κ2) is 5.45. The van der Waals surface area contributed by atoms with Crippen molar-refractivity contribution in [2.45, 2.75) is 6.18 Å². The van der Waals surface area contributed by atoms with Crippen molar-refractivity contribution >= 4 is 17.3 Å². The molecule has 2 rings (SSSR count). The van der Waals surface area contributed by atoms with E-state index in [4.69, 9.17) is 5.11 Å². The largest absolute Gasteiger partial charge is 0.476 e. The molecule has 0 saturated heterocycles. The standard InChI is InChI=1S/C11H7F3N2O3S/c12-11(13,14)5-19-8-2-1-6(3-15-8)9-16-7(4-20-9)10(17)18/h1-4H,5H2,(H,17,18). The third-order valence-electron chi connectivity index (χ3n) is 2.09. The molecule has 2 aromatic rings. The number of rotatable bonds is 4. The molecule has 0 aliphatic heterocycles. The van der Waals surface area contributed by atoms with Gasteiger partial charge in [-0.15, -0.1) is 11.3 Å². The normalized spacial score (nSPS) is 11.3. The first-order valence-electron chi connectivity index (χ1n) is 5.20. The predicted octanol–water partition coefficient (Wildman–Crippen LogP) is 2.84. The van der Waals surface area contributed by atoms with Crippen LogP contribution in [0, 0.1) is 0 Å². The Balaban J connectivity index is 2.09. The van der Waals surface area contributed by atoms with Crippen molar-refractivity contribution < 1.29 is 27.8 Å². The van der Waals surface area contributed by atoms with E-state index < -0.39 is 18.8 Å². The molecule has 0 saturated carbocycles. The average molecular weight is 304 g/mol. The lowest BCUT2D eigenvalue weighted by atomic mass is 10.3. The van der Waals surface area contributed by atoms with Gasteiger partial charge in [-0.25, -0.2) is 14.8 Å². The van der Waals surface area contributed by atoms with Crippen molar-refractivity contribution in [1.82, 2.24) is 9.97 Å². The van der Waals surface area contributed by atoms with Gasteiger partial charge in [0.1, 0.15) is 5.01 Å². The highest BCUT2D eigenvalue weighted by Gasteiger charge is 2.28. The summed E-state index contributed by atoms with van der Waals surface area (Å²) in [7, 11) is 0. The van der Waals surface area contributed by atoms with Gasteiger partial charge in [-0.3, -0.25) is 0 Å². The summed E-state index contributed by atoms with van der Waals surface area (Å²) in [4.78, 5) is 18.2. The number of halogens is 3. The van der Waals surface area contributed by atoms with E-state index >= 15 is 0 Å². The molecule has 20 heavy (non-hydrogen) atoms. The van der Waals surface area contributed by atoms with Crippen LogP contribution in [0.4, 0.5) is 13.2 Å². The Labute approximate surface area is 114 Å². The SMILES string of the molecule is O=C(O)c1csc(-c2ccc(OCC(F)(F)F)nc2)n1. The molecule has 0 aromatic carbocycles.